The zero-order valence-corrected chi connectivity index (χ0v) is 11.6. The third-order valence-corrected chi connectivity index (χ3v) is 3.74. The van der Waals surface area contributed by atoms with Crippen molar-refractivity contribution in [1.29, 1.82) is 0 Å². The Kier molecular flexibility index (Phi) is 4.04. The maximum Gasteiger partial charge on any atom is 0.224 e. The second-order valence-electron chi connectivity index (χ2n) is 5.47. The van der Waals surface area contributed by atoms with Gasteiger partial charge in [0.2, 0.25) is 5.91 Å². The van der Waals surface area contributed by atoms with Crippen LogP contribution in [0.1, 0.15) is 25.8 Å². The molecule has 1 saturated heterocycles. The molecule has 0 aliphatic carbocycles. The summed E-state index contributed by atoms with van der Waals surface area (Å²) < 4.78 is 0. The minimum Gasteiger partial charge on any atom is -0.370 e. The number of pyridine rings is 1. The molecule has 1 atom stereocenters. The molecule has 2 heterocycles. The highest BCUT2D eigenvalue weighted by molar-refractivity contribution is 5.81. The lowest BCUT2D eigenvalue weighted by Gasteiger charge is -2.21. The van der Waals surface area contributed by atoms with Gasteiger partial charge in [0.05, 0.1) is 5.41 Å². The first kappa shape index (κ1) is 13.8. The van der Waals surface area contributed by atoms with Crippen LogP contribution in [0.5, 0.6) is 0 Å². The van der Waals surface area contributed by atoms with Crippen molar-refractivity contribution in [1.82, 2.24) is 9.88 Å². The van der Waals surface area contributed by atoms with Crippen LogP contribution in [-0.4, -0.2) is 35.4 Å². The molecule has 5 nitrogen and oxygen atoms in total. The number of hydrogen-bond acceptors (Lipinski definition) is 4. The first-order chi connectivity index (χ1) is 9.03. The Morgan fingerprint density at radius 2 is 2.42 bits per heavy atom. The fourth-order valence-corrected chi connectivity index (χ4v) is 2.50. The Bertz CT molecular complexity index is 463. The van der Waals surface area contributed by atoms with Gasteiger partial charge < -0.3 is 11.1 Å². The number of aromatic nitrogens is 1. The van der Waals surface area contributed by atoms with Gasteiger partial charge in [0.1, 0.15) is 5.82 Å². The minimum atomic E-state index is -0.377. The number of nitrogens with one attached hydrogen (secondary N) is 1. The largest absolute Gasteiger partial charge is 0.370 e. The van der Waals surface area contributed by atoms with E-state index in [-0.39, 0.29) is 11.3 Å². The fourth-order valence-electron chi connectivity index (χ4n) is 2.50. The van der Waals surface area contributed by atoms with E-state index < -0.39 is 0 Å². The molecular weight excluding hydrogens is 240 g/mol. The molecule has 0 aromatic carbocycles. The van der Waals surface area contributed by atoms with Crippen molar-refractivity contribution in [3.8, 4) is 0 Å². The van der Waals surface area contributed by atoms with Gasteiger partial charge in [-0.25, -0.2) is 4.98 Å². The quantitative estimate of drug-likeness (QED) is 0.836. The van der Waals surface area contributed by atoms with E-state index in [2.05, 4.69) is 21.3 Å². The molecule has 0 saturated carbocycles. The van der Waals surface area contributed by atoms with Crippen LogP contribution in [0, 0.1) is 5.41 Å². The van der Waals surface area contributed by atoms with Gasteiger partial charge in [0.25, 0.3) is 0 Å². The fraction of sp³-hybridized carbons (Fsp3) is 0.571. The molecule has 2 rings (SSSR count). The van der Waals surface area contributed by atoms with Crippen molar-refractivity contribution < 1.29 is 4.79 Å². The Labute approximate surface area is 114 Å². The van der Waals surface area contributed by atoms with Gasteiger partial charge in [0, 0.05) is 25.8 Å². The number of nitrogens with two attached hydrogens (primary N) is 1. The van der Waals surface area contributed by atoms with E-state index in [0.717, 1.165) is 38.4 Å². The number of carbonyl (C=O) groups excluding carboxylic acids is 1. The highest BCUT2D eigenvalue weighted by atomic mass is 16.1. The number of carbonyl (C=O) groups is 1. The lowest BCUT2D eigenvalue weighted by atomic mass is 9.89. The number of primary amides is 1. The molecule has 19 heavy (non-hydrogen) atoms. The van der Waals surface area contributed by atoms with Gasteiger partial charge >= 0.3 is 0 Å². The van der Waals surface area contributed by atoms with Crippen molar-refractivity contribution >= 4 is 11.7 Å². The molecule has 1 aliphatic rings. The summed E-state index contributed by atoms with van der Waals surface area (Å²) in [6, 6.07) is 4.07. The molecule has 1 unspecified atom stereocenters. The Morgan fingerprint density at radius 1 is 1.63 bits per heavy atom. The number of rotatable bonds is 5. The topological polar surface area (TPSA) is 71.2 Å². The summed E-state index contributed by atoms with van der Waals surface area (Å²) in [7, 11) is 0. The molecule has 0 spiro atoms. The number of anilines is 1. The molecule has 104 valence electrons. The number of nitrogens with zero attached hydrogens (tertiary/aromatic N) is 2. The number of hydrogen-bond donors (Lipinski definition) is 2. The van der Waals surface area contributed by atoms with Gasteiger partial charge in [-0.05, 0) is 44.5 Å². The average molecular weight is 262 g/mol. The van der Waals surface area contributed by atoms with Gasteiger partial charge in [-0.1, -0.05) is 0 Å². The lowest BCUT2D eigenvalue weighted by Crippen LogP contribution is -2.36. The van der Waals surface area contributed by atoms with Gasteiger partial charge in [-0.2, -0.15) is 0 Å². The first-order valence-corrected chi connectivity index (χ1v) is 6.74. The smallest absolute Gasteiger partial charge is 0.224 e. The van der Waals surface area contributed by atoms with E-state index in [1.165, 1.54) is 5.56 Å². The first-order valence-electron chi connectivity index (χ1n) is 6.74. The van der Waals surface area contributed by atoms with Crippen LogP contribution in [0.2, 0.25) is 0 Å². The molecule has 5 heteroatoms. The summed E-state index contributed by atoms with van der Waals surface area (Å²) in [5.41, 5.74) is 6.30. The highest BCUT2D eigenvalue weighted by Crippen LogP contribution is 2.30. The molecule has 1 amide bonds. The van der Waals surface area contributed by atoms with Crippen LogP contribution in [0.15, 0.2) is 18.3 Å². The van der Waals surface area contributed by atoms with E-state index in [0.29, 0.717) is 0 Å². The molecule has 3 N–H and O–H groups in total. The van der Waals surface area contributed by atoms with Crippen molar-refractivity contribution in [2.24, 2.45) is 11.1 Å². The second kappa shape index (κ2) is 5.57. The van der Waals surface area contributed by atoms with Crippen LogP contribution < -0.4 is 11.1 Å². The van der Waals surface area contributed by atoms with E-state index in [4.69, 9.17) is 5.73 Å². The summed E-state index contributed by atoms with van der Waals surface area (Å²) in [6.45, 7) is 7.35. The number of likely N-dealkylation sites (tertiary alicyclic amines) is 1. The summed E-state index contributed by atoms with van der Waals surface area (Å²) in [4.78, 5) is 18.0. The van der Waals surface area contributed by atoms with Crippen LogP contribution in [0.3, 0.4) is 0 Å². The summed E-state index contributed by atoms with van der Waals surface area (Å²) in [5.74, 6) is 0.704. The molecule has 0 radical (unpaired) electrons. The SMILES string of the molecule is CCNc1cc(CN2CCC(C)(C(N)=O)C2)ccn1. The molecule has 1 aromatic heterocycles. The van der Waals surface area contributed by atoms with E-state index >= 15 is 0 Å². The Morgan fingerprint density at radius 3 is 3.05 bits per heavy atom. The third kappa shape index (κ3) is 3.23. The molecule has 1 fully saturated rings. The van der Waals surface area contributed by atoms with E-state index in [1.54, 1.807) is 0 Å². The Hall–Kier alpha value is -1.62. The van der Waals surface area contributed by atoms with Crippen molar-refractivity contribution in [2.75, 3.05) is 25.0 Å². The third-order valence-electron chi connectivity index (χ3n) is 3.74. The predicted molar refractivity (Wildman–Crippen MR) is 75.6 cm³/mol. The lowest BCUT2D eigenvalue weighted by molar-refractivity contribution is -0.126. The number of amides is 1. The molecule has 1 aliphatic heterocycles. The summed E-state index contributed by atoms with van der Waals surface area (Å²) >= 11 is 0. The van der Waals surface area contributed by atoms with Crippen molar-refractivity contribution in [3.05, 3.63) is 23.9 Å². The maximum absolute atomic E-state index is 11.4. The summed E-state index contributed by atoms with van der Waals surface area (Å²) in [5, 5.41) is 3.20. The van der Waals surface area contributed by atoms with Gasteiger partial charge in [0.15, 0.2) is 0 Å². The molecular formula is C14H22N4O. The van der Waals surface area contributed by atoms with E-state index in [9.17, 15) is 4.79 Å². The highest BCUT2D eigenvalue weighted by Gasteiger charge is 2.38. The second-order valence-corrected chi connectivity index (χ2v) is 5.47. The molecule has 1 aromatic rings. The Balaban J connectivity index is 1.99. The zero-order valence-electron chi connectivity index (χ0n) is 11.6. The monoisotopic (exact) mass is 262 g/mol. The predicted octanol–water partition coefficient (Wildman–Crippen LogP) is 1.21. The zero-order chi connectivity index (χ0) is 13.9. The molecule has 0 bridgehead atoms. The van der Waals surface area contributed by atoms with Gasteiger partial charge in [-0.15, -0.1) is 0 Å². The standard InChI is InChI=1S/C14H22N4O/c1-3-16-12-8-11(4-6-17-12)9-18-7-5-14(2,10-18)13(15)19/h4,6,8H,3,5,7,9-10H2,1-2H3,(H2,15,19)(H,16,17). The van der Waals surface area contributed by atoms with Gasteiger partial charge in [-0.3, -0.25) is 9.69 Å². The van der Waals surface area contributed by atoms with Crippen LogP contribution >= 0.6 is 0 Å². The summed E-state index contributed by atoms with van der Waals surface area (Å²) in [6.07, 6.45) is 2.66. The van der Waals surface area contributed by atoms with Crippen molar-refractivity contribution in [2.45, 2.75) is 26.8 Å². The van der Waals surface area contributed by atoms with Crippen LogP contribution in [0.25, 0.3) is 0 Å². The van der Waals surface area contributed by atoms with Crippen molar-refractivity contribution in [3.63, 3.8) is 0 Å². The van der Waals surface area contributed by atoms with Crippen LogP contribution in [-0.2, 0) is 11.3 Å². The van der Waals surface area contributed by atoms with Crippen LogP contribution in [0.4, 0.5) is 5.82 Å². The normalized spacial score (nSPS) is 23.5. The minimum absolute atomic E-state index is 0.196. The maximum atomic E-state index is 11.4. The average Bonchev–Trinajstić information content (AvgIpc) is 2.73. The van der Waals surface area contributed by atoms with E-state index in [1.807, 2.05) is 26.1 Å².